The van der Waals surface area contributed by atoms with Crippen molar-refractivity contribution >= 4 is 22.7 Å². The van der Waals surface area contributed by atoms with Crippen LogP contribution in [0.15, 0.2) is 36.5 Å². The molecule has 6 heteroatoms. The van der Waals surface area contributed by atoms with Gasteiger partial charge in [-0.1, -0.05) is 12.1 Å². The Labute approximate surface area is 155 Å². The van der Waals surface area contributed by atoms with Gasteiger partial charge in [-0.3, -0.25) is 14.6 Å². The van der Waals surface area contributed by atoms with Gasteiger partial charge in [0.2, 0.25) is 11.8 Å². The highest BCUT2D eigenvalue weighted by Gasteiger charge is 2.06. The molecule has 0 aliphatic carbocycles. The highest BCUT2D eigenvalue weighted by molar-refractivity contribution is 5.79. The van der Waals surface area contributed by atoms with Crippen LogP contribution in [-0.2, 0) is 16.1 Å². The summed E-state index contributed by atoms with van der Waals surface area (Å²) in [6.07, 6.45) is 3.17. The Hall–Kier alpha value is -2.47. The number of hydrogen-bond acceptors (Lipinski definition) is 4. The van der Waals surface area contributed by atoms with E-state index in [1.165, 1.54) is 5.56 Å². The molecule has 140 valence electrons. The van der Waals surface area contributed by atoms with E-state index in [4.69, 9.17) is 0 Å². The molecular weight excluding hydrogens is 328 g/mol. The molecule has 0 saturated carbocycles. The van der Waals surface area contributed by atoms with Crippen LogP contribution in [0.5, 0.6) is 0 Å². The van der Waals surface area contributed by atoms with Gasteiger partial charge in [-0.2, -0.15) is 0 Å². The molecule has 0 unspecified atom stereocenters. The van der Waals surface area contributed by atoms with Crippen molar-refractivity contribution in [1.82, 2.24) is 20.5 Å². The van der Waals surface area contributed by atoms with Crippen molar-refractivity contribution in [3.63, 3.8) is 0 Å². The average molecular weight is 356 g/mol. The van der Waals surface area contributed by atoms with E-state index in [9.17, 15) is 9.59 Å². The smallest absolute Gasteiger partial charge is 0.220 e. The maximum absolute atomic E-state index is 11.8. The van der Waals surface area contributed by atoms with Crippen LogP contribution < -0.4 is 10.6 Å². The number of rotatable bonds is 10. The van der Waals surface area contributed by atoms with E-state index in [1.54, 1.807) is 6.20 Å². The molecule has 0 fully saturated rings. The Morgan fingerprint density at radius 1 is 1.12 bits per heavy atom. The van der Waals surface area contributed by atoms with Crippen LogP contribution in [-0.4, -0.2) is 48.4 Å². The highest BCUT2D eigenvalue weighted by Crippen LogP contribution is 2.14. The zero-order valence-corrected chi connectivity index (χ0v) is 15.6. The number of hydrogen-bond donors (Lipinski definition) is 2. The molecule has 2 rings (SSSR count). The standard InChI is InChI=1S/C20H28N4O2/c1-3-21-19(25)7-4-8-20(26)23-12-13-24(2)15-16-9-10-18-17(14-16)6-5-11-22-18/h5-6,9-11,14H,3-4,7-8,12-13,15H2,1-2H3,(H,21,25)(H,23,26). The van der Waals surface area contributed by atoms with Crippen molar-refractivity contribution in [2.75, 3.05) is 26.7 Å². The lowest BCUT2D eigenvalue weighted by molar-refractivity contribution is -0.122. The van der Waals surface area contributed by atoms with Crippen molar-refractivity contribution in [2.24, 2.45) is 0 Å². The second-order valence-corrected chi connectivity index (χ2v) is 6.43. The first-order valence-corrected chi connectivity index (χ1v) is 9.14. The highest BCUT2D eigenvalue weighted by atomic mass is 16.2. The molecule has 26 heavy (non-hydrogen) atoms. The molecule has 1 aromatic heterocycles. The van der Waals surface area contributed by atoms with Crippen molar-refractivity contribution in [3.8, 4) is 0 Å². The number of nitrogens with one attached hydrogen (secondary N) is 2. The number of carbonyl (C=O) groups is 2. The molecular formula is C20H28N4O2. The van der Waals surface area contributed by atoms with E-state index >= 15 is 0 Å². The fraction of sp³-hybridized carbons (Fsp3) is 0.450. The van der Waals surface area contributed by atoms with Crippen molar-refractivity contribution < 1.29 is 9.59 Å². The summed E-state index contributed by atoms with van der Waals surface area (Å²) < 4.78 is 0. The Kier molecular flexibility index (Phi) is 8.02. The first kappa shape index (κ1) is 19.8. The first-order chi connectivity index (χ1) is 12.6. The van der Waals surface area contributed by atoms with E-state index in [2.05, 4.69) is 38.7 Å². The predicted molar refractivity (Wildman–Crippen MR) is 104 cm³/mol. The number of aromatic nitrogens is 1. The summed E-state index contributed by atoms with van der Waals surface area (Å²) in [5.41, 5.74) is 2.22. The van der Waals surface area contributed by atoms with E-state index < -0.39 is 0 Å². The number of benzene rings is 1. The van der Waals surface area contributed by atoms with E-state index in [0.717, 1.165) is 24.0 Å². The third-order valence-electron chi connectivity index (χ3n) is 4.12. The lowest BCUT2D eigenvalue weighted by Crippen LogP contribution is -2.32. The van der Waals surface area contributed by atoms with Gasteiger partial charge in [0.05, 0.1) is 5.52 Å². The van der Waals surface area contributed by atoms with E-state index in [0.29, 0.717) is 32.4 Å². The molecule has 0 aliphatic rings. The summed E-state index contributed by atoms with van der Waals surface area (Å²) in [5.74, 6) is 0.00472. The van der Waals surface area contributed by atoms with Crippen LogP contribution in [0.4, 0.5) is 0 Å². The maximum Gasteiger partial charge on any atom is 0.220 e. The van der Waals surface area contributed by atoms with Crippen LogP contribution >= 0.6 is 0 Å². The predicted octanol–water partition coefficient (Wildman–Crippen LogP) is 2.09. The van der Waals surface area contributed by atoms with Crippen LogP contribution in [0, 0.1) is 0 Å². The largest absolute Gasteiger partial charge is 0.356 e. The lowest BCUT2D eigenvalue weighted by atomic mass is 10.1. The number of nitrogens with zero attached hydrogens (tertiary/aromatic N) is 2. The van der Waals surface area contributed by atoms with Crippen LogP contribution in [0.1, 0.15) is 31.7 Å². The minimum Gasteiger partial charge on any atom is -0.356 e. The second kappa shape index (κ2) is 10.5. The lowest BCUT2D eigenvalue weighted by Gasteiger charge is -2.17. The van der Waals surface area contributed by atoms with Gasteiger partial charge in [0.15, 0.2) is 0 Å². The molecule has 0 atom stereocenters. The van der Waals surface area contributed by atoms with Gasteiger partial charge in [-0.05, 0) is 44.2 Å². The number of amides is 2. The number of pyridine rings is 1. The molecule has 0 spiro atoms. The van der Waals surface area contributed by atoms with Crippen molar-refractivity contribution in [1.29, 1.82) is 0 Å². The Morgan fingerprint density at radius 2 is 1.88 bits per heavy atom. The molecule has 6 nitrogen and oxygen atoms in total. The average Bonchev–Trinajstić information content (AvgIpc) is 2.62. The second-order valence-electron chi connectivity index (χ2n) is 6.43. The third kappa shape index (κ3) is 6.80. The molecule has 0 aliphatic heterocycles. The van der Waals surface area contributed by atoms with Gasteiger partial charge in [-0.15, -0.1) is 0 Å². The topological polar surface area (TPSA) is 74.3 Å². The maximum atomic E-state index is 11.8. The summed E-state index contributed by atoms with van der Waals surface area (Å²) in [6, 6.07) is 10.3. The number of carbonyl (C=O) groups excluding carboxylic acids is 2. The molecule has 1 aromatic carbocycles. The third-order valence-corrected chi connectivity index (χ3v) is 4.12. The summed E-state index contributed by atoms with van der Waals surface area (Å²) in [7, 11) is 2.04. The van der Waals surface area contributed by atoms with Gasteiger partial charge in [0.25, 0.3) is 0 Å². The first-order valence-electron chi connectivity index (χ1n) is 9.14. The molecule has 1 heterocycles. The minimum absolute atomic E-state index is 0.000483. The molecule has 0 radical (unpaired) electrons. The van der Waals surface area contributed by atoms with Crippen LogP contribution in [0.3, 0.4) is 0 Å². The summed E-state index contributed by atoms with van der Waals surface area (Å²) in [6.45, 7) is 4.71. The molecule has 0 bridgehead atoms. The molecule has 0 saturated heterocycles. The SMILES string of the molecule is CCNC(=O)CCCC(=O)NCCN(C)Cc1ccc2ncccc2c1. The Morgan fingerprint density at radius 3 is 2.65 bits per heavy atom. The quantitative estimate of drug-likeness (QED) is 0.684. The van der Waals surface area contributed by atoms with Gasteiger partial charge < -0.3 is 15.5 Å². The molecule has 2 amide bonds. The fourth-order valence-electron chi connectivity index (χ4n) is 2.78. The molecule has 2 N–H and O–H groups in total. The van der Waals surface area contributed by atoms with Gasteiger partial charge in [0, 0.05) is 50.6 Å². The van der Waals surface area contributed by atoms with Crippen LogP contribution in [0.2, 0.25) is 0 Å². The summed E-state index contributed by atoms with van der Waals surface area (Å²) >= 11 is 0. The number of likely N-dealkylation sites (N-methyl/N-ethyl adjacent to an activating group) is 1. The van der Waals surface area contributed by atoms with Gasteiger partial charge >= 0.3 is 0 Å². The van der Waals surface area contributed by atoms with Crippen molar-refractivity contribution in [2.45, 2.75) is 32.7 Å². The molecule has 2 aromatic rings. The normalized spacial score (nSPS) is 10.9. The van der Waals surface area contributed by atoms with Crippen LogP contribution in [0.25, 0.3) is 10.9 Å². The van der Waals surface area contributed by atoms with E-state index in [1.807, 2.05) is 26.1 Å². The fourth-order valence-corrected chi connectivity index (χ4v) is 2.78. The minimum atomic E-state index is -0.000483. The zero-order chi connectivity index (χ0) is 18.8. The monoisotopic (exact) mass is 356 g/mol. The number of fused-ring (bicyclic) bond motifs is 1. The van der Waals surface area contributed by atoms with Crippen molar-refractivity contribution in [3.05, 3.63) is 42.1 Å². The van der Waals surface area contributed by atoms with Gasteiger partial charge in [-0.25, -0.2) is 0 Å². The van der Waals surface area contributed by atoms with Gasteiger partial charge in [0.1, 0.15) is 0 Å². The summed E-state index contributed by atoms with van der Waals surface area (Å²) in [5, 5.41) is 6.78. The van der Waals surface area contributed by atoms with E-state index in [-0.39, 0.29) is 11.8 Å². The Bertz CT molecular complexity index is 733. The zero-order valence-electron chi connectivity index (χ0n) is 15.6. The Balaban J connectivity index is 1.65. The summed E-state index contributed by atoms with van der Waals surface area (Å²) in [4.78, 5) is 29.6.